The molecule has 4 nitrogen and oxygen atoms in total. The maximum atomic E-state index is 13.8. The number of ether oxygens (including phenoxy) is 3. The lowest BCUT2D eigenvalue weighted by atomic mass is 10.0. The number of hydrogen-bond acceptors (Lipinski definition) is 4. The second kappa shape index (κ2) is 8.67. The average molecular weight is 422 g/mol. The largest absolute Gasteiger partial charge is 0.496 e. The molecule has 0 aliphatic heterocycles. The molecule has 3 aromatic rings. The highest BCUT2D eigenvalue weighted by molar-refractivity contribution is 6.36. The van der Waals surface area contributed by atoms with Gasteiger partial charge in [-0.3, -0.25) is 4.98 Å². The van der Waals surface area contributed by atoms with Gasteiger partial charge in [0.2, 0.25) is 0 Å². The van der Waals surface area contributed by atoms with Crippen LogP contribution in [0.3, 0.4) is 0 Å². The molecule has 1 heterocycles. The van der Waals surface area contributed by atoms with Crippen LogP contribution in [0, 0.1) is 5.82 Å². The minimum Gasteiger partial charge on any atom is -0.496 e. The van der Waals surface area contributed by atoms with Crippen molar-refractivity contribution in [3.8, 4) is 28.4 Å². The topological polar surface area (TPSA) is 40.6 Å². The third-order valence-electron chi connectivity index (χ3n) is 4.23. The predicted molar refractivity (Wildman–Crippen MR) is 108 cm³/mol. The molecule has 28 heavy (non-hydrogen) atoms. The summed E-state index contributed by atoms with van der Waals surface area (Å²) in [7, 11) is 3.17. The van der Waals surface area contributed by atoms with Crippen LogP contribution >= 0.6 is 23.2 Å². The molecule has 0 amide bonds. The van der Waals surface area contributed by atoms with E-state index in [-0.39, 0.29) is 5.02 Å². The highest BCUT2D eigenvalue weighted by atomic mass is 35.5. The zero-order valence-corrected chi connectivity index (χ0v) is 17.0. The Labute approximate surface area is 172 Å². The van der Waals surface area contributed by atoms with Gasteiger partial charge in [-0.05, 0) is 37.3 Å². The zero-order valence-electron chi connectivity index (χ0n) is 15.5. The molecule has 0 spiro atoms. The first kappa shape index (κ1) is 20.2. The van der Waals surface area contributed by atoms with Crippen molar-refractivity contribution in [2.75, 3.05) is 14.2 Å². The summed E-state index contributed by atoms with van der Waals surface area (Å²) in [5.74, 6) is 1.20. The van der Waals surface area contributed by atoms with Crippen LogP contribution in [0.1, 0.15) is 18.6 Å². The van der Waals surface area contributed by atoms with Crippen molar-refractivity contribution in [1.82, 2.24) is 4.98 Å². The summed E-state index contributed by atoms with van der Waals surface area (Å²) in [5, 5.41) is 0.268. The summed E-state index contributed by atoms with van der Waals surface area (Å²) in [6.45, 7) is 1.74. The molecule has 0 aliphatic rings. The van der Waals surface area contributed by atoms with Crippen molar-refractivity contribution >= 4 is 23.2 Å². The SMILES string of the molecule is COc1cccc(OC)c1-c1cncc(OC(C)c2c(Cl)ccc(F)c2Cl)c1. The minimum absolute atomic E-state index is 0.0597. The number of hydrogen-bond donors (Lipinski definition) is 0. The van der Waals surface area contributed by atoms with Crippen molar-refractivity contribution in [3.05, 3.63) is 70.2 Å². The van der Waals surface area contributed by atoms with Crippen molar-refractivity contribution in [2.24, 2.45) is 0 Å². The Kier molecular flexibility index (Phi) is 6.27. The fraction of sp³-hybridized carbons (Fsp3) is 0.190. The second-order valence-electron chi connectivity index (χ2n) is 5.96. The first-order valence-corrected chi connectivity index (χ1v) is 9.18. The summed E-state index contributed by atoms with van der Waals surface area (Å²) in [5.41, 5.74) is 1.87. The smallest absolute Gasteiger partial charge is 0.142 e. The summed E-state index contributed by atoms with van der Waals surface area (Å²) in [6.07, 6.45) is 2.65. The monoisotopic (exact) mass is 421 g/mol. The Morgan fingerprint density at radius 2 is 1.68 bits per heavy atom. The number of aromatic nitrogens is 1. The molecular formula is C21H18Cl2FNO3. The molecular weight excluding hydrogens is 404 g/mol. The van der Waals surface area contributed by atoms with Crippen molar-refractivity contribution in [2.45, 2.75) is 13.0 Å². The number of benzene rings is 2. The van der Waals surface area contributed by atoms with E-state index in [0.29, 0.717) is 27.8 Å². The van der Waals surface area contributed by atoms with E-state index in [1.807, 2.05) is 18.2 Å². The normalized spacial score (nSPS) is 11.8. The molecule has 2 aromatic carbocycles. The van der Waals surface area contributed by atoms with Crippen LogP contribution in [0.25, 0.3) is 11.1 Å². The molecule has 0 saturated heterocycles. The number of nitrogens with zero attached hydrogens (tertiary/aromatic N) is 1. The van der Waals surface area contributed by atoms with Gasteiger partial charge in [-0.15, -0.1) is 0 Å². The first-order valence-electron chi connectivity index (χ1n) is 8.42. The Bertz CT molecular complexity index is 975. The Hall–Kier alpha value is -2.50. The Morgan fingerprint density at radius 3 is 2.32 bits per heavy atom. The first-order chi connectivity index (χ1) is 13.5. The van der Waals surface area contributed by atoms with E-state index in [1.54, 1.807) is 39.6 Å². The van der Waals surface area contributed by atoms with E-state index >= 15 is 0 Å². The van der Waals surface area contributed by atoms with Gasteiger partial charge in [0.05, 0.1) is 31.0 Å². The average Bonchev–Trinajstić information content (AvgIpc) is 2.70. The quantitative estimate of drug-likeness (QED) is 0.434. The highest BCUT2D eigenvalue weighted by Gasteiger charge is 2.20. The van der Waals surface area contributed by atoms with E-state index in [0.717, 1.165) is 11.1 Å². The summed E-state index contributed by atoms with van der Waals surface area (Å²) in [4.78, 5) is 4.24. The van der Waals surface area contributed by atoms with Crippen LogP contribution < -0.4 is 14.2 Å². The molecule has 0 bridgehead atoms. The fourth-order valence-corrected chi connectivity index (χ4v) is 3.61. The van der Waals surface area contributed by atoms with Gasteiger partial charge in [-0.25, -0.2) is 4.39 Å². The maximum absolute atomic E-state index is 13.8. The van der Waals surface area contributed by atoms with Crippen molar-refractivity contribution in [3.63, 3.8) is 0 Å². The van der Waals surface area contributed by atoms with Crippen LogP contribution in [0.5, 0.6) is 17.2 Å². The molecule has 0 N–H and O–H groups in total. The molecule has 7 heteroatoms. The lowest BCUT2D eigenvalue weighted by Crippen LogP contribution is -2.06. The standard InChI is InChI=1S/C21H18Cl2FNO3/c1-12(19-15(22)7-8-16(24)21(19)23)28-14-9-13(10-25-11-14)20-17(26-2)5-4-6-18(20)27-3/h4-12H,1-3H3. The summed E-state index contributed by atoms with van der Waals surface area (Å²) >= 11 is 12.3. The summed E-state index contributed by atoms with van der Waals surface area (Å²) in [6, 6.07) is 9.97. The van der Waals surface area contributed by atoms with Gasteiger partial charge >= 0.3 is 0 Å². The molecule has 0 radical (unpaired) electrons. The Balaban J connectivity index is 1.97. The van der Waals surface area contributed by atoms with Gasteiger partial charge in [0.1, 0.15) is 29.2 Å². The predicted octanol–water partition coefficient (Wildman–Crippen LogP) is 6.35. The van der Waals surface area contributed by atoms with Gasteiger partial charge in [0, 0.05) is 22.3 Å². The van der Waals surface area contributed by atoms with Gasteiger partial charge in [0.15, 0.2) is 0 Å². The lowest BCUT2D eigenvalue weighted by Gasteiger charge is -2.19. The maximum Gasteiger partial charge on any atom is 0.142 e. The van der Waals surface area contributed by atoms with Crippen LogP contribution in [-0.2, 0) is 0 Å². The van der Waals surface area contributed by atoms with E-state index in [9.17, 15) is 4.39 Å². The lowest BCUT2D eigenvalue weighted by molar-refractivity contribution is 0.226. The van der Waals surface area contributed by atoms with Crippen LogP contribution in [0.15, 0.2) is 48.8 Å². The molecule has 0 aliphatic carbocycles. The fourth-order valence-electron chi connectivity index (χ4n) is 2.93. The van der Waals surface area contributed by atoms with E-state index in [2.05, 4.69) is 4.98 Å². The van der Waals surface area contributed by atoms with Crippen LogP contribution in [0.4, 0.5) is 4.39 Å². The van der Waals surface area contributed by atoms with Gasteiger partial charge in [-0.2, -0.15) is 0 Å². The number of pyridine rings is 1. The summed E-state index contributed by atoms with van der Waals surface area (Å²) < 4.78 is 30.7. The molecule has 146 valence electrons. The number of halogens is 3. The molecule has 1 atom stereocenters. The van der Waals surface area contributed by atoms with Gasteiger partial charge in [0.25, 0.3) is 0 Å². The van der Waals surface area contributed by atoms with E-state index < -0.39 is 11.9 Å². The zero-order chi connectivity index (χ0) is 20.3. The molecule has 0 saturated carbocycles. The Morgan fingerprint density at radius 1 is 1.00 bits per heavy atom. The molecule has 1 unspecified atom stereocenters. The molecule has 0 fully saturated rings. The highest BCUT2D eigenvalue weighted by Crippen LogP contribution is 2.40. The second-order valence-corrected chi connectivity index (χ2v) is 6.75. The number of methoxy groups -OCH3 is 2. The number of rotatable bonds is 6. The van der Waals surface area contributed by atoms with Crippen molar-refractivity contribution in [1.29, 1.82) is 0 Å². The molecule has 1 aromatic heterocycles. The third-order valence-corrected chi connectivity index (χ3v) is 4.94. The van der Waals surface area contributed by atoms with Crippen molar-refractivity contribution < 1.29 is 18.6 Å². The van der Waals surface area contributed by atoms with Gasteiger partial charge < -0.3 is 14.2 Å². The third kappa shape index (κ3) is 4.01. The van der Waals surface area contributed by atoms with E-state index in [1.165, 1.54) is 12.1 Å². The minimum atomic E-state index is -0.590. The van der Waals surface area contributed by atoms with Crippen LogP contribution in [-0.4, -0.2) is 19.2 Å². The van der Waals surface area contributed by atoms with Crippen LogP contribution in [0.2, 0.25) is 10.0 Å². The van der Waals surface area contributed by atoms with E-state index in [4.69, 9.17) is 37.4 Å². The molecule has 3 rings (SSSR count). The van der Waals surface area contributed by atoms with Gasteiger partial charge in [-0.1, -0.05) is 29.3 Å².